The van der Waals surface area contributed by atoms with Crippen LogP contribution in [0.2, 0.25) is 0 Å². The zero-order valence-electron chi connectivity index (χ0n) is 16.5. The summed E-state index contributed by atoms with van der Waals surface area (Å²) in [5.41, 5.74) is 0.549. The van der Waals surface area contributed by atoms with E-state index in [0.29, 0.717) is 28.4 Å². The summed E-state index contributed by atoms with van der Waals surface area (Å²) in [5, 5.41) is 7.44. The number of ether oxygens (including phenoxy) is 1. The van der Waals surface area contributed by atoms with Crippen LogP contribution in [0.1, 0.15) is 6.42 Å². The summed E-state index contributed by atoms with van der Waals surface area (Å²) in [7, 11) is 0. The molecule has 10 heteroatoms. The van der Waals surface area contributed by atoms with E-state index >= 15 is 0 Å². The second-order valence-corrected chi connectivity index (χ2v) is 7.84. The highest BCUT2D eigenvalue weighted by Crippen LogP contribution is 2.18. The molecule has 3 aromatic rings. The first-order valence-corrected chi connectivity index (χ1v) is 10.8. The van der Waals surface area contributed by atoms with Gasteiger partial charge in [-0.1, -0.05) is 29.1 Å². The van der Waals surface area contributed by atoms with Gasteiger partial charge in [-0.25, -0.2) is 4.98 Å². The summed E-state index contributed by atoms with van der Waals surface area (Å²) in [6, 6.07) is 8.85. The molecule has 1 saturated heterocycles. The highest BCUT2D eigenvalue weighted by Gasteiger charge is 2.15. The van der Waals surface area contributed by atoms with Gasteiger partial charge in [0.2, 0.25) is 5.91 Å². The number of thioether (sulfide) groups is 1. The van der Waals surface area contributed by atoms with Crippen LogP contribution >= 0.6 is 11.8 Å². The maximum atomic E-state index is 13.1. The van der Waals surface area contributed by atoms with Crippen LogP contribution in [0, 0.1) is 0 Å². The Balaban J connectivity index is 1.48. The molecule has 0 radical (unpaired) electrons. The smallest absolute Gasteiger partial charge is 0.262 e. The molecule has 0 spiro atoms. The average Bonchev–Trinajstić information content (AvgIpc) is 3.28. The molecule has 0 bridgehead atoms. The van der Waals surface area contributed by atoms with Crippen LogP contribution in [0.5, 0.6) is 0 Å². The van der Waals surface area contributed by atoms with Crippen LogP contribution in [0.25, 0.3) is 10.9 Å². The molecular weight excluding hydrogens is 406 g/mol. The minimum Gasteiger partial charge on any atom is -0.379 e. The number of morpholine rings is 1. The molecule has 1 N–H and O–H groups in total. The van der Waals surface area contributed by atoms with Crippen molar-refractivity contribution in [3.8, 4) is 0 Å². The molecule has 3 heterocycles. The first kappa shape index (κ1) is 20.6. The standard InChI is InChI=1S/C20H23N5O4S/c26-18(22-17-6-11-29-23-17)14-30-20-21-16-5-2-1-4-15(16)19(27)25(20)8-3-7-24-9-12-28-13-10-24/h1-2,4-6,11H,3,7-10,12-14H2,(H,22,23,26). The molecule has 1 aromatic carbocycles. The maximum absolute atomic E-state index is 13.1. The number of nitrogens with one attached hydrogen (secondary N) is 1. The average molecular weight is 430 g/mol. The van der Waals surface area contributed by atoms with Crippen LogP contribution in [0.4, 0.5) is 5.82 Å². The molecule has 4 rings (SSSR count). The summed E-state index contributed by atoms with van der Waals surface area (Å²) in [6.45, 7) is 4.75. The lowest BCUT2D eigenvalue weighted by molar-refractivity contribution is -0.113. The topological polar surface area (TPSA) is 102 Å². The molecule has 9 nitrogen and oxygen atoms in total. The molecule has 30 heavy (non-hydrogen) atoms. The Labute approximate surface area is 177 Å². The van der Waals surface area contributed by atoms with Gasteiger partial charge in [0.25, 0.3) is 5.56 Å². The van der Waals surface area contributed by atoms with Crippen LogP contribution in [-0.2, 0) is 16.1 Å². The quantitative estimate of drug-likeness (QED) is 0.427. The highest BCUT2D eigenvalue weighted by molar-refractivity contribution is 7.99. The van der Waals surface area contributed by atoms with E-state index in [1.165, 1.54) is 18.0 Å². The Morgan fingerprint density at radius 1 is 1.17 bits per heavy atom. The van der Waals surface area contributed by atoms with Crippen molar-refractivity contribution in [3.63, 3.8) is 0 Å². The highest BCUT2D eigenvalue weighted by atomic mass is 32.2. The molecule has 2 aromatic heterocycles. The Morgan fingerprint density at radius 3 is 2.80 bits per heavy atom. The largest absolute Gasteiger partial charge is 0.379 e. The third-order valence-corrected chi connectivity index (χ3v) is 5.80. The van der Waals surface area contributed by atoms with Crippen molar-refractivity contribution >= 4 is 34.4 Å². The van der Waals surface area contributed by atoms with Gasteiger partial charge >= 0.3 is 0 Å². The fourth-order valence-corrected chi connectivity index (χ4v) is 4.14. The normalized spacial score (nSPS) is 14.8. The molecular formula is C20H23N5O4S. The Bertz CT molecular complexity index is 1050. The van der Waals surface area contributed by atoms with E-state index in [2.05, 4.69) is 20.4 Å². The van der Waals surface area contributed by atoms with E-state index in [9.17, 15) is 9.59 Å². The minimum atomic E-state index is -0.240. The number of rotatable bonds is 8. The third-order valence-electron chi connectivity index (χ3n) is 4.82. The van der Waals surface area contributed by atoms with Crippen molar-refractivity contribution in [1.29, 1.82) is 0 Å². The lowest BCUT2D eigenvalue weighted by Gasteiger charge is -2.26. The fraction of sp³-hybridized carbons (Fsp3) is 0.400. The maximum Gasteiger partial charge on any atom is 0.262 e. The molecule has 0 aliphatic carbocycles. The van der Waals surface area contributed by atoms with E-state index in [4.69, 9.17) is 9.26 Å². The van der Waals surface area contributed by atoms with Gasteiger partial charge in [-0.3, -0.25) is 19.1 Å². The summed E-state index contributed by atoms with van der Waals surface area (Å²) in [5.74, 6) is 0.229. The van der Waals surface area contributed by atoms with Gasteiger partial charge < -0.3 is 14.6 Å². The first-order valence-electron chi connectivity index (χ1n) is 9.83. The molecule has 158 valence electrons. The molecule has 1 fully saturated rings. The number of hydrogen-bond acceptors (Lipinski definition) is 8. The molecule has 0 unspecified atom stereocenters. The number of amides is 1. The predicted octanol–water partition coefficient (Wildman–Crippen LogP) is 1.84. The van der Waals surface area contributed by atoms with Crippen molar-refractivity contribution in [2.45, 2.75) is 18.1 Å². The number of carbonyl (C=O) groups is 1. The molecule has 0 saturated carbocycles. The van der Waals surface area contributed by atoms with Gasteiger partial charge in [0.1, 0.15) is 6.26 Å². The van der Waals surface area contributed by atoms with Crippen molar-refractivity contribution in [2.75, 3.05) is 43.9 Å². The van der Waals surface area contributed by atoms with E-state index in [-0.39, 0.29) is 17.2 Å². The van der Waals surface area contributed by atoms with Gasteiger partial charge in [-0.15, -0.1) is 0 Å². The van der Waals surface area contributed by atoms with Crippen LogP contribution in [0.3, 0.4) is 0 Å². The number of para-hydroxylation sites is 1. The lowest BCUT2D eigenvalue weighted by Crippen LogP contribution is -2.37. The minimum absolute atomic E-state index is 0.0815. The van der Waals surface area contributed by atoms with Crippen molar-refractivity contribution < 1.29 is 14.1 Å². The molecule has 1 amide bonds. The SMILES string of the molecule is O=C(CSc1nc2ccccc2c(=O)n1CCCN1CCOCC1)Nc1ccon1. The monoisotopic (exact) mass is 429 g/mol. The zero-order chi connectivity index (χ0) is 20.8. The van der Waals surface area contributed by atoms with E-state index in [1.807, 2.05) is 18.2 Å². The summed E-state index contributed by atoms with van der Waals surface area (Å²) < 4.78 is 11.8. The van der Waals surface area contributed by atoms with Gasteiger partial charge in [0.15, 0.2) is 11.0 Å². The van der Waals surface area contributed by atoms with Gasteiger partial charge in [0, 0.05) is 32.2 Å². The van der Waals surface area contributed by atoms with Crippen molar-refractivity contribution in [3.05, 3.63) is 46.9 Å². The second-order valence-electron chi connectivity index (χ2n) is 6.90. The van der Waals surface area contributed by atoms with E-state index in [1.54, 1.807) is 16.7 Å². The second kappa shape index (κ2) is 9.88. The van der Waals surface area contributed by atoms with Crippen molar-refractivity contribution in [2.24, 2.45) is 0 Å². The van der Waals surface area contributed by atoms with E-state index in [0.717, 1.165) is 39.3 Å². The third kappa shape index (κ3) is 5.07. The zero-order valence-corrected chi connectivity index (χ0v) is 17.3. The van der Waals surface area contributed by atoms with Gasteiger partial charge in [-0.2, -0.15) is 0 Å². The van der Waals surface area contributed by atoms with Gasteiger partial charge in [0.05, 0.1) is 29.9 Å². The number of nitrogens with zero attached hydrogens (tertiary/aromatic N) is 4. The Hall–Kier alpha value is -2.69. The van der Waals surface area contributed by atoms with Gasteiger partial charge in [-0.05, 0) is 18.6 Å². The summed E-state index contributed by atoms with van der Waals surface area (Å²) >= 11 is 1.24. The summed E-state index contributed by atoms with van der Waals surface area (Å²) in [4.78, 5) is 32.3. The first-order chi connectivity index (χ1) is 14.7. The molecule has 0 atom stereocenters. The predicted molar refractivity (Wildman–Crippen MR) is 114 cm³/mol. The van der Waals surface area contributed by atoms with Crippen molar-refractivity contribution in [1.82, 2.24) is 19.6 Å². The van der Waals surface area contributed by atoms with Crippen LogP contribution in [0.15, 0.2) is 51.1 Å². The Kier molecular flexibility index (Phi) is 6.77. The number of fused-ring (bicyclic) bond motifs is 1. The number of anilines is 1. The Morgan fingerprint density at radius 2 is 2.00 bits per heavy atom. The molecule has 1 aliphatic heterocycles. The lowest BCUT2D eigenvalue weighted by atomic mass is 10.2. The number of carbonyl (C=O) groups excluding carboxylic acids is 1. The summed E-state index contributed by atoms with van der Waals surface area (Å²) in [6.07, 6.45) is 2.21. The molecule has 1 aliphatic rings. The number of aromatic nitrogens is 3. The van der Waals surface area contributed by atoms with Crippen LogP contribution in [-0.4, -0.2) is 64.1 Å². The van der Waals surface area contributed by atoms with E-state index < -0.39 is 0 Å². The van der Waals surface area contributed by atoms with Crippen LogP contribution < -0.4 is 10.9 Å². The number of hydrogen-bond donors (Lipinski definition) is 1. The fourth-order valence-electron chi connectivity index (χ4n) is 3.32. The number of benzene rings is 1.